The van der Waals surface area contributed by atoms with Crippen molar-refractivity contribution in [3.8, 4) is 11.5 Å². The second-order valence-electron chi connectivity index (χ2n) is 3.86. The Morgan fingerprint density at radius 3 is 2.50 bits per heavy atom. The summed E-state index contributed by atoms with van der Waals surface area (Å²) in [6, 6.07) is 3.43. The van der Waals surface area contributed by atoms with Gasteiger partial charge in [-0.2, -0.15) is 0 Å². The van der Waals surface area contributed by atoms with Crippen LogP contribution in [-0.2, 0) is 6.42 Å². The lowest BCUT2D eigenvalue weighted by molar-refractivity contribution is 0.399. The summed E-state index contributed by atoms with van der Waals surface area (Å²) in [5.74, 6) is 0.0328. The smallest absolute Gasteiger partial charge is 0.161 e. The summed E-state index contributed by atoms with van der Waals surface area (Å²) in [7, 11) is 0. The Hall–Kier alpha value is -1.44. The van der Waals surface area contributed by atoms with E-state index in [2.05, 4.69) is 13.8 Å². The van der Waals surface area contributed by atoms with Gasteiger partial charge in [-0.05, 0) is 43.9 Å². The van der Waals surface area contributed by atoms with Crippen LogP contribution in [0.5, 0.6) is 11.5 Å². The van der Waals surface area contributed by atoms with Crippen LogP contribution in [0.25, 0.3) is 5.57 Å². The van der Waals surface area contributed by atoms with Crippen LogP contribution in [0.4, 0.5) is 0 Å². The fraction of sp³-hybridized carbons (Fsp3) is 0.333. The van der Waals surface area contributed by atoms with E-state index in [4.69, 9.17) is 0 Å². The van der Waals surface area contributed by atoms with E-state index in [-0.39, 0.29) is 11.5 Å². The molecule has 2 heteroatoms. The molecule has 0 aliphatic heterocycles. The first kappa shape index (κ1) is 9.13. The van der Waals surface area contributed by atoms with Gasteiger partial charge in [0.2, 0.25) is 0 Å². The lowest BCUT2D eigenvalue weighted by Gasteiger charge is -2.20. The summed E-state index contributed by atoms with van der Waals surface area (Å²) in [5.41, 5.74) is 4.54. The molecule has 0 fully saturated rings. The molecular formula is C12H14O2. The number of hydrogen-bond acceptors (Lipinski definition) is 2. The highest BCUT2D eigenvalue weighted by atomic mass is 16.3. The monoisotopic (exact) mass is 190 g/mol. The third-order valence-electron chi connectivity index (χ3n) is 3.06. The van der Waals surface area contributed by atoms with E-state index in [0.29, 0.717) is 0 Å². The van der Waals surface area contributed by atoms with Crippen molar-refractivity contribution in [2.45, 2.75) is 26.7 Å². The molecule has 0 bridgehead atoms. The summed E-state index contributed by atoms with van der Waals surface area (Å²) in [4.78, 5) is 0. The standard InChI is InChI=1S/C12H14O2/c1-7-3-4-10-9(8(7)2)5-6-11(13)12(10)14/h5-6,13-14H,3-4H2,1-2H3. The van der Waals surface area contributed by atoms with Crippen LogP contribution in [0.1, 0.15) is 31.4 Å². The van der Waals surface area contributed by atoms with E-state index < -0.39 is 0 Å². The molecule has 2 nitrogen and oxygen atoms in total. The summed E-state index contributed by atoms with van der Waals surface area (Å²) in [6.45, 7) is 4.17. The highest BCUT2D eigenvalue weighted by Crippen LogP contribution is 2.39. The molecule has 74 valence electrons. The lowest BCUT2D eigenvalue weighted by atomic mass is 9.86. The van der Waals surface area contributed by atoms with Gasteiger partial charge in [-0.1, -0.05) is 11.6 Å². The molecule has 1 aromatic carbocycles. The largest absolute Gasteiger partial charge is 0.504 e. The molecule has 0 aromatic heterocycles. The number of hydrogen-bond donors (Lipinski definition) is 2. The van der Waals surface area contributed by atoms with Gasteiger partial charge in [-0.15, -0.1) is 0 Å². The predicted molar refractivity (Wildman–Crippen MR) is 56.4 cm³/mol. The SMILES string of the molecule is CC1=C(C)c2ccc(O)c(O)c2CC1. The highest BCUT2D eigenvalue weighted by molar-refractivity contribution is 5.74. The topological polar surface area (TPSA) is 40.5 Å². The average molecular weight is 190 g/mol. The van der Waals surface area contributed by atoms with E-state index in [9.17, 15) is 10.2 Å². The third-order valence-corrected chi connectivity index (χ3v) is 3.06. The van der Waals surface area contributed by atoms with Crippen molar-refractivity contribution in [2.24, 2.45) is 0 Å². The Balaban J connectivity index is 2.67. The van der Waals surface area contributed by atoms with E-state index in [1.165, 1.54) is 11.1 Å². The maximum Gasteiger partial charge on any atom is 0.161 e. The van der Waals surface area contributed by atoms with Gasteiger partial charge in [-0.3, -0.25) is 0 Å². The Labute approximate surface area is 83.5 Å². The van der Waals surface area contributed by atoms with Crippen molar-refractivity contribution in [3.05, 3.63) is 28.8 Å². The van der Waals surface area contributed by atoms with Crippen LogP contribution < -0.4 is 0 Å². The summed E-state index contributed by atoms with van der Waals surface area (Å²) < 4.78 is 0. The molecule has 2 N–H and O–H groups in total. The number of phenols is 2. The molecule has 1 aromatic rings. The molecule has 0 atom stereocenters. The molecule has 0 amide bonds. The van der Waals surface area contributed by atoms with E-state index in [0.717, 1.165) is 24.0 Å². The Morgan fingerprint density at radius 1 is 1.07 bits per heavy atom. The van der Waals surface area contributed by atoms with E-state index >= 15 is 0 Å². The molecule has 0 spiro atoms. The number of allylic oxidation sites excluding steroid dienone is 2. The van der Waals surface area contributed by atoms with Crippen LogP contribution in [-0.4, -0.2) is 10.2 Å². The first-order chi connectivity index (χ1) is 6.61. The van der Waals surface area contributed by atoms with Crippen LogP contribution in [0.15, 0.2) is 17.7 Å². The minimum absolute atomic E-state index is 0.0175. The first-order valence-electron chi connectivity index (χ1n) is 4.82. The van der Waals surface area contributed by atoms with Crippen molar-refractivity contribution >= 4 is 5.57 Å². The van der Waals surface area contributed by atoms with E-state index in [1.54, 1.807) is 6.07 Å². The molecule has 0 unspecified atom stereocenters. The second-order valence-corrected chi connectivity index (χ2v) is 3.86. The van der Waals surface area contributed by atoms with Crippen molar-refractivity contribution in [1.82, 2.24) is 0 Å². The lowest BCUT2D eigenvalue weighted by Crippen LogP contribution is -2.01. The van der Waals surface area contributed by atoms with Gasteiger partial charge in [0.15, 0.2) is 11.5 Å². The second kappa shape index (κ2) is 3.05. The van der Waals surface area contributed by atoms with E-state index in [1.807, 2.05) is 6.07 Å². The van der Waals surface area contributed by atoms with Gasteiger partial charge in [0, 0.05) is 5.56 Å². The average Bonchev–Trinajstić information content (AvgIpc) is 2.17. The number of aromatic hydroxyl groups is 2. The summed E-state index contributed by atoms with van der Waals surface area (Å²) in [5, 5.41) is 19.0. The van der Waals surface area contributed by atoms with Gasteiger partial charge in [-0.25, -0.2) is 0 Å². The number of fused-ring (bicyclic) bond motifs is 1. The van der Waals surface area contributed by atoms with Crippen LogP contribution in [0.3, 0.4) is 0 Å². The first-order valence-corrected chi connectivity index (χ1v) is 4.82. The van der Waals surface area contributed by atoms with Crippen LogP contribution in [0.2, 0.25) is 0 Å². The van der Waals surface area contributed by atoms with Crippen molar-refractivity contribution in [1.29, 1.82) is 0 Å². The summed E-state index contributed by atoms with van der Waals surface area (Å²) in [6.07, 6.45) is 1.79. The minimum Gasteiger partial charge on any atom is -0.504 e. The van der Waals surface area contributed by atoms with Crippen LogP contribution >= 0.6 is 0 Å². The van der Waals surface area contributed by atoms with Crippen molar-refractivity contribution in [2.75, 3.05) is 0 Å². The number of rotatable bonds is 0. The fourth-order valence-corrected chi connectivity index (χ4v) is 1.96. The third kappa shape index (κ3) is 1.18. The molecule has 2 rings (SSSR count). The van der Waals surface area contributed by atoms with Gasteiger partial charge >= 0.3 is 0 Å². The quantitative estimate of drug-likeness (QED) is 0.617. The Bertz CT molecular complexity index is 417. The number of benzene rings is 1. The maximum atomic E-state index is 9.67. The zero-order chi connectivity index (χ0) is 10.3. The molecule has 0 saturated carbocycles. The van der Waals surface area contributed by atoms with Crippen molar-refractivity contribution < 1.29 is 10.2 Å². The Morgan fingerprint density at radius 2 is 1.79 bits per heavy atom. The van der Waals surface area contributed by atoms with Gasteiger partial charge in [0.1, 0.15) is 0 Å². The Kier molecular flexibility index (Phi) is 1.99. The zero-order valence-corrected chi connectivity index (χ0v) is 8.46. The molecule has 1 aliphatic carbocycles. The van der Waals surface area contributed by atoms with Gasteiger partial charge in [0.05, 0.1) is 0 Å². The number of phenolic OH excluding ortho intramolecular Hbond substituents is 2. The normalized spacial score (nSPS) is 15.6. The fourth-order valence-electron chi connectivity index (χ4n) is 1.96. The molecule has 14 heavy (non-hydrogen) atoms. The molecule has 1 aliphatic rings. The maximum absolute atomic E-state index is 9.67. The molecule has 0 radical (unpaired) electrons. The van der Waals surface area contributed by atoms with Gasteiger partial charge in [0.25, 0.3) is 0 Å². The summed E-state index contributed by atoms with van der Waals surface area (Å²) >= 11 is 0. The minimum atomic E-state index is -0.0175. The predicted octanol–water partition coefficient (Wildman–Crippen LogP) is 2.84. The van der Waals surface area contributed by atoms with Gasteiger partial charge < -0.3 is 10.2 Å². The van der Waals surface area contributed by atoms with Crippen molar-refractivity contribution in [3.63, 3.8) is 0 Å². The molecule has 0 saturated heterocycles. The molecular weight excluding hydrogens is 176 g/mol. The highest BCUT2D eigenvalue weighted by Gasteiger charge is 2.18. The van der Waals surface area contributed by atoms with Crippen LogP contribution in [0, 0.1) is 0 Å². The zero-order valence-electron chi connectivity index (χ0n) is 8.46. The molecule has 0 heterocycles.